The number of aryl methyl sites for hydroxylation is 2. The molecule has 0 bridgehead atoms. The smallest absolute Gasteiger partial charge is 0.179 e. The van der Waals surface area contributed by atoms with Crippen LogP contribution in [-0.4, -0.2) is 9.13 Å². The van der Waals surface area contributed by atoms with Crippen molar-refractivity contribution in [1.29, 1.82) is 0 Å². The molecule has 1 aromatic rings. The van der Waals surface area contributed by atoms with E-state index in [4.69, 9.17) is 12.2 Å². The summed E-state index contributed by atoms with van der Waals surface area (Å²) in [6.45, 7) is 3.37. The van der Waals surface area contributed by atoms with E-state index in [0.29, 0.717) is 0 Å². The van der Waals surface area contributed by atoms with Crippen molar-refractivity contribution < 1.29 is 0 Å². The van der Waals surface area contributed by atoms with Crippen molar-refractivity contribution in [3.8, 4) is 0 Å². The number of hydrogen-bond donors (Lipinski definition) is 0. The summed E-state index contributed by atoms with van der Waals surface area (Å²) in [4.78, 5) is 0. The van der Waals surface area contributed by atoms with Gasteiger partial charge in [0.05, 0.1) is 0 Å². The van der Waals surface area contributed by atoms with Gasteiger partial charge in [0.1, 0.15) is 0 Å². The van der Waals surface area contributed by atoms with E-state index in [2.05, 4.69) is 23.9 Å². The van der Waals surface area contributed by atoms with Crippen LogP contribution in [0.2, 0.25) is 0 Å². The van der Waals surface area contributed by atoms with Crippen molar-refractivity contribution in [2.45, 2.75) is 116 Å². The van der Waals surface area contributed by atoms with E-state index < -0.39 is 0 Å². The Bertz CT molecular complexity index is 461. The monoisotopic (exact) mass is 366 g/mol. The van der Waals surface area contributed by atoms with Crippen molar-refractivity contribution in [1.82, 2.24) is 9.13 Å². The molecule has 0 amide bonds. The molecule has 0 fully saturated rings. The van der Waals surface area contributed by atoms with Crippen LogP contribution in [0.5, 0.6) is 0 Å². The zero-order chi connectivity index (χ0) is 18.2. The van der Waals surface area contributed by atoms with Crippen LogP contribution < -0.4 is 0 Å². The molecule has 2 nitrogen and oxygen atoms in total. The molecule has 0 atom stereocenters. The first-order valence-electron chi connectivity index (χ1n) is 11.0. The van der Waals surface area contributed by atoms with Gasteiger partial charge in [-0.25, -0.2) is 0 Å². The van der Waals surface area contributed by atoms with Crippen LogP contribution in [0.3, 0.4) is 0 Å². The van der Waals surface area contributed by atoms with E-state index >= 15 is 0 Å². The lowest BCUT2D eigenvalue weighted by Gasteiger charge is -2.04. The second kappa shape index (κ2) is 15.7. The third-order valence-corrected chi connectivity index (χ3v) is 5.79. The number of unbranched alkanes of at least 4 members (excludes halogenated alkanes) is 15. The molecule has 0 aliphatic heterocycles. The van der Waals surface area contributed by atoms with Gasteiger partial charge in [0, 0.05) is 26.0 Å². The molecule has 1 heterocycles. The molecular formula is C22H42N2S. The van der Waals surface area contributed by atoms with Gasteiger partial charge in [-0.1, -0.05) is 103 Å². The molecule has 0 radical (unpaired) electrons. The van der Waals surface area contributed by atoms with Crippen LogP contribution in [-0.2, 0) is 13.6 Å². The summed E-state index contributed by atoms with van der Waals surface area (Å²) in [5.74, 6) is 0. The molecule has 146 valence electrons. The molecule has 0 saturated heterocycles. The number of nitrogens with zero attached hydrogens (tertiary/aromatic N) is 2. The van der Waals surface area contributed by atoms with Gasteiger partial charge in [0.2, 0.25) is 0 Å². The van der Waals surface area contributed by atoms with E-state index in [0.717, 1.165) is 11.3 Å². The Labute approximate surface area is 162 Å². The fourth-order valence-electron chi connectivity index (χ4n) is 3.51. The maximum absolute atomic E-state index is 5.36. The van der Waals surface area contributed by atoms with Gasteiger partial charge in [-0.15, -0.1) is 0 Å². The highest BCUT2D eigenvalue weighted by Crippen LogP contribution is 2.14. The Morgan fingerprint density at radius 2 is 1.04 bits per heavy atom. The highest BCUT2D eigenvalue weighted by Gasteiger charge is 1.97. The summed E-state index contributed by atoms with van der Waals surface area (Å²) in [5, 5.41) is 0. The van der Waals surface area contributed by atoms with Crippen LogP contribution in [0.4, 0.5) is 0 Å². The Morgan fingerprint density at radius 3 is 1.40 bits per heavy atom. The minimum Gasteiger partial charge on any atom is -0.327 e. The van der Waals surface area contributed by atoms with Crippen LogP contribution in [0.15, 0.2) is 12.4 Å². The third-order valence-electron chi connectivity index (χ3n) is 5.27. The molecule has 0 unspecified atom stereocenters. The van der Waals surface area contributed by atoms with Crippen LogP contribution >= 0.6 is 12.2 Å². The number of aromatic nitrogens is 2. The van der Waals surface area contributed by atoms with E-state index in [1.54, 1.807) is 0 Å². The van der Waals surface area contributed by atoms with Gasteiger partial charge in [0.25, 0.3) is 0 Å². The maximum Gasteiger partial charge on any atom is 0.179 e. The Hall–Kier alpha value is -0.570. The number of imidazole rings is 1. The summed E-state index contributed by atoms with van der Waals surface area (Å²) >= 11 is 5.36. The molecule has 0 aromatic carbocycles. The molecule has 0 spiro atoms. The lowest BCUT2D eigenvalue weighted by Crippen LogP contribution is -1.98. The van der Waals surface area contributed by atoms with E-state index in [1.807, 2.05) is 11.6 Å². The van der Waals surface area contributed by atoms with Crippen LogP contribution in [0.1, 0.15) is 110 Å². The van der Waals surface area contributed by atoms with Gasteiger partial charge in [-0.05, 0) is 18.6 Å². The summed E-state index contributed by atoms with van der Waals surface area (Å²) in [5.41, 5.74) is 0. The summed E-state index contributed by atoms with van der Waals surface area (Å²) in [6.07, 6.45) is 26.9. The first kappa shape index (κ1) is 22.5. The number of hydrogen-bond acceptors (Lipinski definition) is 1. The lowest BCUT2D eigenvalue weighted by molar-refractivity contribution is 0.519. The average molecular weight is 367 g/mol. The molecule has 1 aromatic heterocycles. The van der Waals surface area contributed by atoms with Gasteiger partial charge in [-0.3, -0.25) is 0 Å². The zero-order valence-corrected chi connectivity index (χ0v) is 17.8. The van der Waals surface area contributed by atoms with E-state index in [9.17, 15) is 0 Å². The normalized spacial score (nSPS) is 11.3. The predicted octanol–water partition coefficient (Wildman–Crippen LogP) is 7.82. The molecule has 0 saturated carbocycles. The molecule has 25 heavy (non-hydrogen) atoms. The van der Waals surface area contributed by atoms with Gasteiger partial charge < -0.3 is 9.13 Å². The Balaban J connectivity index is 1.76. The fraction of sp³-hybridized carbons (Fsp3) is 0.864. The minimum atomic E-state index is 0.945. The summed E-state index contributed by atoms with van der Waals surface area (Å²) in [7, 11) is 2.02. The first-order valence-corrected chi connectivity index (χ1v) is 11.4. The largest absolute Gasteiger partial charge is 0.327 e. The van der Waals surface area contributed by atoms with Gasteiger partial charge >= 0.3 is 0 Å². The molecule has 0 aliphatic rings. The third kappa shape index (κ3) is 11.6. The molecule has 0 N–H and O–H groups in total. The highest BCUT2D eigenvalue weighted by molar-refractivity contribution is 7.71. The summed E-state index contributed by atoms with van der Waals surface area (Å²) < 4.78 is 5.15. The van der Waals surface area contributed by atoms with E-state index in [1.165, 1.54) is 103 Å². The summed E-state index contributed by atoms with van der Waals surface area (Å²) in [6, 6.07) is 0. The average Bonchev–Trinajstić information content (AvgIpc) is 2.93. The highest BCUT2D eigenvalue weighted by atomic mass is 32.1. The SMILES string of the molecule is CCCCCCCCCCCCCCCCCCn1ccn(C)c1=S. The molecule has 0 aliphatic carbocycles. The number of rotatable bonds is 17. The van der Waals surface area contributed by atoms with Crippen molar-refractivity contribution >= 4 is 12.2 Å². The zero-order valence-electron chi connectivity index (χ0n) is 17.0. The van der Waals surface area contributed by atoms with Crippen LogP contribution in [0.25, 0.3) is 0 Å². The molecular weight excluding hydrogens is 324 g/mol. The maximum atomic E-state index is 5.36. The Morgan fingerprint density at radius 1 is 0.640 bits per heavy atom. The second-order valence-electron chi connectivity index (χ2n) is 7.69. The molecule has 1 rings (SSSR count). The lowest BCUT2D eigenvalue weighted by atomic mass is 10.0. The van der Waals surface area contributed by atoms with Crippen LogP contribution in [0, 0.1) is 4.77 Å². The van der Waals surface area contributed by atoms with Gasteiger partial charge in [0.15, 0.2) is 4.77 Å². The van der Waals surface area contributed by atoms with Crippen molar-refractivity contribution in [3.05, 3.63) is 17.2 Å². The Kier molecular flexibility index (Phi) is 14.1. The first-order chi connectivity index (χ1) is 12.3. The predicted molar refractivity (Wildman–Crippen MR) is 114 cm³/mol. The van der Waals surface area contributed by atoms with E-state index in [-0.39, 0.29) is 0 Å². The quantitative estimate of drug-likeness (QED) is 0.202. The van der Waals surface area contributed by atoms with Crippen molar-refractivity contribution in [2.24, 2.45) is 7.05 Å². The standard InChI is InChI=1S/C22H42N2S/c1-3-4-5-6-7-8-9-10-11-12-13-14-15-16-17-18-19-24-21-20-23(2)22(24)25/h20-21H,3-19H2,1-2H3. The van der Waals surface area contributed by atoms with Gasteiger partial charge in [-0.2, -0.15) is 0 Å². The molecule has 3 heteroatoms. The minimum absolute atomic E-state index is 0.945. The van der Waals surface area contributed by atoms with Crippen molar-refractivity contribution in [2.75, 3.05) is 0 Å². The fourth-order valence-corrected chi connectivity index (χ4v) is 3.72. The van der Waals surface area contributed by atoms with Crippen molar-refractivity contribution in [3.63, 3.8) is 0 Å². The topological polar surface area (TPSA) is 9.86 Å². The second-order valence-corrected chi connectivity index (χ2v) is 8.05.